The number of fused-ring (bicyclic) bond motifs is 5. The summed E-state index contributed by atoms with van der Waals surface area (Å²) in [6, 6.07) is 0. The fourth-order valence-electron chi connectivity index (χ4n) is 9.15. The minimum Gasteiger partial charge on any atom is -0.390 e. The van der Waals surface area contributed by atoms with Crippen LogP contribution >= 0.6 is 0 Å². The van der Waals surface area contributed by atoms with Crippen molar-refractivity contribution in [1.82, 2.24) is 0 Å². The summed E-state index contributed by atoms with van der Waals surface area (Å²) < 4.78 is 0. The van der Waals surface area contributed by atoms with Gasteiger partial charge in [0.05, 0.1) is 18.3 Å². The van der Waals surface area contributed by atoms with Gasteiger partial charge in [-0.3, -0.25) is 4.79 Å². The summed E-state index contributed by atoms with van der Waals surface area (Å²) in [4.78, 5) is 13.3. The predicted octanol–water partition coefficient (Wildman–Crippen LogP) is 4.12. The number of hydrogen-bond acceptors (Lipinski definition) is 5. The van der Waals surface area contributed by atoms with Gasteiger partial charge in [-0.1, -0.05) is 48.1 Å². The number of Topliss-reactive ketones (excluding diaryl/α,β-unsaturated/α-hetero) is 1. The highest BCUT2D eigenvalue weighted by atomic mass is 16.3. The number of rotatable bonds is 4. The van der Waals surface area contributed by atoms with Gasteiger partial charge < -0.3 is 20.4 Å². The fraction of sp³-hybridized carbons (Fsp3) is 0.897. The Balaban J connectivity index is 1.56. The van der Waals surface area contributed by atoms with Crippen LogP contribution in [0.25, 0.3) is 0 Å². The standard InChI is InChI=1S/C29H48O5/c1-15(25(33)26(34)16(2)27(3,4)5)18-8-9-19-17-12-22(30)21-13-23(31)24(32)14-29(21,7)20(17)10-11-28(18,19)6/h15,17-21,23-26,31-34H,2,8-14H2,1,3-7H3/t15-,17+,18-,19+,20+,21-,23+,24-,25-,26-,28-,29-/m1/s1. The van der Waals surface area contributed by atoms with Gasteiger partial charge in [-0.25, -0.2) is 0 Å². The van der Waals surface area contributed by atoms with Crippen LogP contribution in [0.2, 0.25) is 0 Å². The Kier molecular flexibility index (Phi) is 6.72. The highest BCUT2D eigenvalue weighted by Gasteiger charge is 2.63. The van der Waals surface area contributed by atoms with Gasteiger partial charge in [0, 0.05) is 12.3 Å². The third-order valence-electron chi connectivity index (χ3n) is 11.4. The Morgan fingerprint density at radius 3 is 2.26 bits per heavy atom. The van der Waals surface area contributed by atoms with E-state index in [1.165, 1.54) is 0 Å². The smallest absolute Gasteiger partial charge is 0.136 e. The molecule has 0 spiro atoms. The largest absolute Gasteiger partial charge is 0.390 e. The molecule has 4 aliphatic rings. The van der Waals surface area contributed by atoms with Crippen molar-refractivity contribution in [3.63, 3.8) is 0 Å². The molecular weight excluding hydrogens is 428 g/mol. The van der Waals surface area contributed by atoms with Gasteiger partial charge >= 0.3 is 0 Å². The Hall–Kier alpha value is -0.750. The number of carbonyl (C=O) groups is 1. The minimum atomic E-state index is -0.944. The van der Waals surface area contributed by atoms with E-state index in [1.54, 1.807) is 0 Å². The van der Waals surface area contributed by atoms with Gasteiger partial charge in [0.25, 0.3) is 0 Å². The molecule has 0 amide bonds. The molecule has 4 fully saturated rings. The first-order valence-corrected chi connectivity index (χ1v) is 13.6. The average Bonchev–Trinajstić information content (AvgIpc) is 3.10. The molecule has 0 heterocycles. The number of hydrogen-bond donors (Lipinski definition) is 4. The van der Waals surface area contributed by atoms with E-state index >= 15 is 0 Å². The maximum Gasteiger partial charge on any atom is 0.136 e. The molecule has 5 heteroatoms. The summed E-state index contributed by atoms with van der Waals surface area (Å²) in [5.41, 5.74) is 0.183. The molecule has 0 aliphatic heterocycles. The zero-order valence-electron chi connectivity index (χ0n) is 22.1. The fourth-order valence-corrected chi connectivity index (χ4v) is 9.15. The molecule has 4 aliphatic carbocycles. The highest BCUT2D eigenvalue weighted by Crippen LogP contribution is 2.67. The molecule has 194 valence electrons. The second-order valence-electron chi connectivity index (χ2n) is 14.0. The normalized spacial score (nSPS) is 47.2. The number of ketones is 1. The summed E-state index contributed by atoms with van der Waals surface area (Å²) in [5, 5.41) is 42.9. The summed E-state index contributed by atoms with van der Waals surface area (Å²) >= 11 is 0. The first kappa shape index (κ1) is 26.3. The Morgan fingerprint density at radius 1 is 1.03 bits per heavy atom. The van der Waals surface area contributed by atoms with Gasteiger partial charge in [-0.05, 0) is 89.9 Å². The van der Waals surface area contributed by atoms with Crippen molar-refractivity contribution >= 4 is 5.78 Å². The van der Waals surface area contributed by atoms with Crippen LogP contribution in [-0.4, -0.2) is 50.6 Å². The SMILES string of the molecule is C=C([C@@H](O)[C@H](O)[C@H](C)[C@H]1CC[C@H]2[C@@H]3CC(=O)[C@H]4C[C@H](O)[C@H](O)C[C@]4(C)[C@H]3CC[C@]12C)C(C)(C)C. The van der Waals surface area contributed by atoms with Crippen molar-refractivity contribution in [1.29, 1.82) is 0 Å². The van der Waals surface area contributed by atoms with E-state index in [9.17, 15) is 25.2 Å². The molecular formula is C29H48O5. The van der Waals surface area contributed by atoms with Crippen LogP contribution in [0.1, 0.15) is 86.5 Å². The van der Waals surface area contributed by atoms with Crippen molar-refractivity contribution in [3.8, 4) is 0 Å². The number of aliphatic hydroxyl groups is 4. The lowest BCUT2D eigenvalue weighted by Crippen LogP contribution is -2.59. The van der Waals surface area contributed by atoms with Gasteiger partial charge in [0.2, 0.25) is 0 Å². The molecule has 5 nitrogen and oxygen atoms in total. The molecule has 0 unspecified atom stereocenters. The molecule has 34 heavy (non-hydrogen) atoms. The summed E-state index contributed by atoms with van der Waals surface area (Å²) in [6.45, 7) is 16.8. The molecule has 4 N–H and O–H groups in total. The highest BCUT2D eigenvalue weighted by molar-refractivity contribution is 5.83. The molecule has 12 atom stereocenters. The van der Waals surface area contributed by atoms with E-state index in [0.717, 1.165) is 25.7 Å². The lowest BCUT2D eigenvalue weighted by molar-refractivity contribution is -0.174. The van der Waals surface area contributed by atoms with E-state index in [1.807, 2.05) is 20.8 Å². The first-order chi connectivity index (χ1) is 15.6. The van der Waals surface area contributed by atoms with Crippen LogP contribution in [0.15, 0.2) is 12.2 Å². The van der Waals surface area contributed by atoms with E-state index in [4.69, 9.17) is 0 Å². The van der Waals surface area contributed by atoms with Crippen molar-refractivity contribution in [3.05, 3.63) is 12.2 Å². The second kappa shape index (κ2) is 8.68. The van der Waals surface area contributed by atoms with Gasteiger partial charge in [-0.2, -0.15) is 0 Å². The molecule has 0 bridgehead atoms. The van der Waals surface area contributed by atoms with Crippen LogP contribution < -0.4 is 0 Å². The molecule has 0 saturated heterocycles. The Bertz CT molecular complexity index is 816. The van der Waals surface area contributed by atoms with Gasteiger partial charge in [-0.15, -0.1) is 0 Å². The monoisotopic (exact) mass is 476 g/mol. The second-order valence-corrected chi connectivity index (χ2v) is 14.0. The molecule has 0 aromatic carbocycles. The molecule has 0 aromatic rings. The van der Waals surface area contributed by atoms with Gasteiger partial charge in [0.1, 0.15) is 11.9 Å². The molecule has 4 rings (SSSR count). The van der Waals surface area contributed by atoms with Crippen molar-refractivity contribution in [2.24, 2.45) is 51.8 Å². The Morgan fingerprint density at radius 2 is 1.65 bits per heavy atom. The molecule has 0 radical (unpaired) electrons. The van der Waals surface area contributed by atoms with E-state index < -0.39 is 24.4 Å². The maximum atomic E-state index is 13.3. The van der Waals surface area contributed by atoms with E-state index in [-0.39, 0.29) is 39.8 Å². The third kappa shape index (κ3) is 3.93. The molecule has 0 aromatic heterocycles. The number of aliphatic hydroxyl groups excluding tert-OH is 4. The van der Waals surface area contributed by atoms with E-state index in [2.05, 4.69) is 27.4 Å². The quantitative estimate of drug-likeness (QED) is 0.458. The van der Waals surface area contributed by atoms with Gasteiger partial charge in [0.15, 0.2) is 0 Å². The minimum absolute atomic E-state index is 0.0284. The summed E-state index contributed by atoms with van der Waals surface area (Å²) in [5.74, 6) is 1.46. The maximum absolute atomic E-state index is 13.3. The van der Waals surface area contributed by atoms with Crippen molar-refractivity contribution < 1.29 is 25.2 Å². The van der Waals surface area contributed by atoms with Crippen LogP contribution in [0.4, 0.5) is 0 Å². The lowest BCUT2D eigenvalue weighted by Gasteiger charge is -2.61. The van der Waals surface area contributed by atoms with Crippen LogP contribution in [0, 0.1) is 51.8 Å². The van der Waals surface area contributed by atoms with Crippen LogP contribution in [0.3, 0.4) is 0 Å². The van der Waals surface area contributed by atoms with Crippen molar-refractivity contribution in [2.45, 2.75) is 111 Å². The Labute approximate surface area is 206 Å². The number of carbonyl (C=O) groups excluding carboxylic acids is 1. The average molecular weight is 477 g/mol. The van der Waals surface area contributed by atoms with Crippen molar-refractivity contribution in [2.75, 3.05) is 0 Å². The molecule has 4 saturated carbocycles. The van der Waals surface area contributed by atoms with Crippen LogP contribution in [-0.2, 0) is 4.79 Å². The zero-order valence-corrected chi connectivity index (χ0v) is 22.1. The van der Waals surface area contributed by atoms with E-state index in [0.29, 0.717) is 42.6 Å². The lowest BCUT2D eigenvalue weighted by atomic mass is 9.44. The summed E-state index contributed by atoms with van der Waals surface area (Å²) in [6.07, 6.45) is 2.28. The first-order valence-electron chi connectivity index (χ1n) is 13.6. The predicted molar refractivity (Wildman–Crippen MR) is 133 cm³/mol. The zero-order chi connectivity index (χ0) is 25.4. The summed E-state index contributed by atoms with van der Waals surface area (Å²) in [7, 11) is 0. The van der Waals surface area contributed by atoms with Crippen LogP contribution in [0.5, 0.6) is 0 Å². The topological polar surface area (TPSA) is 98.0 Å². The third-order valence-corrected chi connectivity index (χ3v) is 11.4.